The summed E-state index contributed by atoms with van der Waals surface area (Å²) in [6, 6.07) is 3.88. The van der Waals surface area contributed by atoms with E-state index in [1.165, 1.54) is 0 Å². The van der Waals surface area contributed by atoms with Crippen LogP contribution in [0.25, 0.3) is 10.6 Å². The number of pyridine rings is 1. The van der Waals surface area contributed by atoms with Crippen LogP contribution in [0.2, 0.25) is 0 Å². The molecule has 0 aliphatic rings. The summed E-state index contributed by atoms with van der Waals surface area (Å²) in [6.07, 6.45) is 1.75. The molecule has 2 rings (SSSR count). The van der Waals surface area contributed by atoms with Crippen LogP contribution in [-0.4, -0.2) is 9.97 Å². The van der Waals surface area contributed by atoms with E-state index in [0.29, 0.717) is 6.54 Å². The maximum absolute atomic E-state index is 5.49. The third kappa shape index (κ3) is 2.00. The maximum Gasteiger partial charge on any atom is 0.123 e. The monoisotopic (exact) mass is 269 g/mol. The van der Waals surface area contributed by atoms with Crippen molar-refractivity contribution in [3.63, 3.8) is 0 Å². The van der Waals surface area contributed by atoms with Gasteiger partial charge in [0.2, 0.25) is 0 Å². The quantitative estimate of drug-likeness (QED) is 0.853. The topological polar surface area (TPSA) is 51.8 Å². The van der Waals surface area contributed by atoms with Crippen LogP contribution in [0.15, 0.2) is 28.3 Å². The summed E-state index contributed by atoms with van der Waals surface area (Å²) in [5.41, 5.74) is 7.49. The van der Waals surface area contributed by atoms with Crippen molar-refractivity contribution in [1.29, 1.82) is 0 Å². The second-order valence-corrected chi connectivity index (χ2v) is 4.39. The molecular formula is C9H8BrN3S. The first kappa shape index (κ1) is 9.76. The minimum absolute atomic E-state index is 0.489. The molecule has 3 nitrogen and oxygen atoms in total. The summed E-state index contributed by atoms with van der Waals surface area (Å²) < 4.78 is 0.819. The number of nitrogens with two attached hydrogens (primary N) is 1. The van der Waals surface area contributed by atoms with Crippen molar-refractivity contribution in [3.05, 3.63) is 34.0 Å². The summed E-state index contributed by atoms with van der Waals surface area (Å²) in [6.45, 7) is 0.489. The number of hydrogen-bond donors (Lipinski definition) is 1. The lowest BCUT2D eigenvalue weighted by Gasteiger charge is -1.95. The number of thiazole rings is 1. The van der Waals surface area contributed by atoms with Crippen molar-refractivity contribution in [2.75, 3.05) is 0 Å². The van der Waals surface area contributed by atoms with E-state index in [1.54, 1.807) is 17.5 Å². The highest BCUT2D eigenvalue weighted by Crippen LogP contribution is 2.24. The van der Waals surface area contributed by atoms with Crippen molar-refractivity contribution in [3.8, 4) is 10.6 Å². The van der Waals surface area contributed by atoms with Gasteiger partial charge in [0.15, 0.2) is 0 Å². The van der Waals surface area contributed by atoms with Gasteiger partial charge in [0.05, 0.1) is 5.69 Å². The summed E-state index contributed by atoms with van der Waals surface area (Å²) in [7, 11) is 0. The first-order valence-electron chi connectivity index (χ1n) is 4.06. The first-order valence-corrected chi connectivity index (χ1v) is 5.73. The van der Waals surface area contributed by atoms with Gasteiger partial charge in [-0.3, -0.25) is 0 Å². The van der Waals surface area contributed by atoms with Crippen LogP contribution < -0.4 is 5.73 Å². The van der Waals surface area contributed by atoms with E-state index in [-0.39, 0.29) is 0 Å². The smallest absolute Gasteiger partial charge is 0.123 e. The van der Waals surface area contributed by atoms with Gasteiger partial charge in [-0.25, -0.2) is 9.97 Å². The summed E-state index contributed by atoms with van der Waals surface area (Å²) in [4.78, 5) is 8.45. The highest BCUT2D eigenvalue weighted by Gasteiger charge is 2.03. The second-order valence-electron chi connectivity index (χ2n) is 2.72. The van der Waals surface area contributed by atoms with Crippen LogP contribution in [-0.2, 0) is 6.54 Å². The third-order valence-electron chi connectivity index (χ3n) is 1.73. The fraction of sp³-hybridized carbons (Fsp3) is 0.111. The third-order valence-corrected chi connectivity index (χ3v) is 3.11. The highest BCUT2D eigenvalue weighted by molar-refractivity contribution is 9.10. The van der Waals surface area contributed by atoms with E-state index in [2.05, 4.69) is 25.9 Å². The van der Waals surface area contributed by atoms with E-state index < -0.39 is 0 Å². The summed E-state index contributed by atoms with van der Waals surface area (Å²) in [5.74, 6) is 0. The molecule has 2 aromatic rings. The molecular weight excluding hydrogens is 262 g/mol. The minimum Gasteiger partial charge on any atom is -0.325 e. The normalized spacial score (nSPS) is 10.4. The van der Waals surface area contributed by atoms with Crippen molar-refractivity contribution in [1.82, 2.24) is 9.97 Å². The molecule has 0 saturated carbocycles. The minimum atomic E-state index is 0.489. The molecule has 14 heavy (non-hydrogen) atoms. The molecule has 0 atom stereocenters. The van der Waals surface area contributed by atoms with Crippen molar-refractivity contribution >= 4 is 27.3 Å². The predicted octanol–water partition coefficient (Wildman–Crippen LogP) is 2.43. The summed E-state index contributed by atoms with van der Waals surface area (Å²) >= 11 is 4.92. The van der Waals surface area contributed by atoms with Crippen LogP contribution in [0.1, 0.15) is 5.69 Å². The number of aromatic nitrogens is 2. The zero-order valence-corrected chi connectivity index (χ0v) is 9.68. The van der Waals surface area contributed by atoms with E-state index in [1.807, 2.05) is 17.5 Å². The van der Waals surface area contributed by atoms with Gasteiger partial charge in [0.25, 0.3) is 0 Å². The fourth-order valence-electron chi connectivity index (χ4n) is 1.07. The van der Waals surface area contributed by atoms with Crippen molar-refractivity contribution in [2.24, 2.45) is 5.73 Å². The van der Waals surface area contributed by atoms with Crippen LogP contribution in [0.5, 0.6) is 0 Å². The van der Waals surface area contributed by atoms with Gasteiger partial charge in [-0.1, -0.05) is 0 Å². The Labute approximate surface area is 94.1 Å². The van der Waals surface area contributed by atoms with Gasteiger partial charge >= 0.3 is 0 Å². The Morgan fingerprint density at radius 2 is 2.36 bits per heavy atom. The molecule has 72 valence electrons. The Morgan fingerprint density at radius 1 is 1.50 bits per heavy atom. The summed E-state index contributed by atoms with van der Waals surface area (Å²) in [5, 5.41) is 2.96. The number of rotatable bonds is 2. The van der Waals surface area contributed by atoms with Crippen LogP contribution in [0.4, 0.5) is 0 Å². The number of halogens is 1. The van der Waals surface area contributed by atoms with Gasteiger partial charge < -0.3 is 5.73 Å². The van der Waals surface area contributed by atoms with Crippen LogP contribution in [0, 0.1) is 0 Å². The molecule has 0 aliphatic heterocycles. The molecule has 5 heteroatoms. The molecule has 0 spiro atoms. The number of nitrogens with zero attached hydrogens (tertiary/aromatic N) is 2. The molecule has 0 aromatic carbocycles. The van der Waals surface area contributed by atoms with Crippen molar-refractivity contribution < 1.29 is 0 Å². The molecule has 0 radical (unpaired) electrons. The SMILES string of the molecule is NCc1csc(-c2ccnc(Br)c2)n1. The average molecular weight is 270 g/mol. The lowest BCUT2D eigenvalue weighted by Crippen LogP contribution is -1.95. The van der Waals surface area contributed by atoms with Gasteiger partial charge in [0, 0.05) is 23.7 Å². The average Bonchev–Trinajstić information content (AvgIpc) is 2.66. The Kier molecular flexibility index (Phi) is 2.90. The standard InChI is InChI=1S/C9H8BrN3S/c10-8-3-6(1-2-12-8)9-13-7(4-11)5-14-9/h1-3,5H,4,11H2. The zero-order chi connectivity index (χ0) is 9.97. The lowest BCUT2D eigenvalue weighted by atomic mass is 10.3. The van der Waals surface area contributed by atoms with Crippen molar-refractivity contribution in [2.45, 2.75) is 6.54 Å². The van der Waals surface area contributed by atoms with E-state index in [9.17, 15) is 0 Å². The lowest BCUT2D eigenvalue weighted by molar-refractivity contribution is 1.01. The Hall–Kier alpha value is -0.780. The molecule has 0 amide bonds. The van der Waals surface area contributed by atoms with E-state index >= 15 is 0 Å². The van der Waals surface area contributed by atoms with Crippen LogP contribution in [0.3, 0.4) is 0 Å². The van der Waals surface area contributed by atoms with Gasteiger partial charge in [-0.15, -0.1) is 11.3 Å². The fourth-order valence-corrected chi connectivity index (χ4v) is 2.26. The largest absolute Gasteiger partial charge is 0.325 e. The molecule has 0 fully saturated rings. The molecule has 0 saturated heterocycles. The molecule has 0 bridgehead atoms. The van der Waals surface area contributed by atoms with E-state index in [0.717, 1.165) is 20.9 Å². The zero-order valence-electron chi connectivity index (χ0n) is 7.27. The van der Waals surface area contributed by atoms with Gasteiger partial charge in [0.1, 0.15) is 9.61 Å². The Balaban J connectivity index is 2.39. The number of hydrogen-bond acceptors (Lipinski definition) is 4. The van der Waals surface area contributed by atoms with Crippen LogP contribution >= 0.6 is 27.3 Å². The first-order chi connectivity index (χ1) is 6.79. The maximum atomic E-state index is 5.49. The molecule has 2 heterocycles. The molecule has 2 N–H and O–H groups in total. The molecule has 0 unspecified atom stereocenters. The van der Waals surface area contributed by atoms with E-state index in [4.69, 9.17) is 5.73 Å². The second kappa shape index (κ2) is 4.16. The van der Waals surface area contributed by atoms with Gasteiger partial charge in [-0.05, 0) is 28.1 Å². The van der Waals surface area contributed by atoms with Gasteiger partial charge in [-0.2, -0.15) is 0 Å². The molecule has 0 aliphatic carbocycles. The molecule has 2 aromatic heterocycles. The Bertz CT molecular complexity index is 441. The highest BCUT2D eigenvalue weighted by atomic mass is 79.9. The predicted molar refractivity (Wildman–Crippen MR) is 60.9 cm³/mol. The Morgan fingerprint density at radius 3 is 3.00 bits per heavy atom.